The molecule has 0 radical (unpaired) electrons. The molecule has 31 heavy (non-hydrogen) atoms. The summed E-state index contributed by atoms with van der Waals surface area (Å²) in [4.78, 5) is 16.8. The van der Waals surface area contributed by atoms with E-state index in [1.807, 2.05) is 24.3 Å². The molecule has 1 N–H and O–H groups in total. The monoisotopic (exact) mass is 445 g/mol. The van der Waals surface area contributed by atoms with Crippen molar-refractivity contribution in [1.82, 2.24) is 10.3 Å². The fourth-order valence-corrected chi connectivity index (χ4v) is 3.75. The molecule has 3 aromatic rings. The van der Waals surface area contributed by atoms with Crippen LogP contribution in [0.5, 0.6) is 5.75 Å². The van der Waals surface area contributed by atoms with Gasteiger partial charge in [-0.25, -0.2) is 4.98 Å². The summed E-state index contributed by atoms with van der Waals surface area (Å²) in [7, 11) is 0. The van der Waals surface area contributed by atoms with Gasteiger partial charge in [0.1, 0.15) is 16.8 Å². The Morgan fingerprint density at radius 3 is 2.71 bits per heavy atom. The van der Waals surface area contributed by atoms with Crippen LogP contribution in [-0.4, -0.2) is 28.8 Å². The Morgan fingerprint density at radius 2 is 2.03 bits per heavy atom. The van der Waals surface area contributed by atoms with Crippen LogP contribution < -0.4 is 10.1 Å². The minimum absolute atomic E-state index is 0.0254. The smallest absolute Gasteiger partial charge is 0.387 e. The van der Waals surface area contributed by atoms with Crippen LogP contribution in [0.3, 0.4) is 0 Å². The molecular weight excluding hydrogens is 424 g/mol. The number of amides is 1. The predicted octanol–water partition coefficient (Wildman–Crippen LogP) is 4.94. The van der Waals surface area contributed by atoms with Crippen LogP contribution in [0.1, 0.15) is 25.3 Å². The van der Waals surface area contributed by atoms with Gasteiger partial charge < -0.3 is 14.5 Å². The Balaban J connectivity index is 1.45. The molecule has 9 heteroatoms. The Bertz CT molecular complexity index is 1030. The lowest BCUT2D eigenvalue weighted by Gasteiger charge is -2.23. The lowest BCUT2D eigenvalue weighted by atomic mass is 9.97. The van der Waals surface area contributed by atoms with Crippen molar-refractivity contribution in [2.75, 3.05) is 5.75 Å². The molecule has 1 atom stereocenters. The Kier molecular flexibility index (Phi) is 7.47. The van der Waals surface area contributed by atoms with Crippen molar-refractivity contribution in [3.63, 3.8) is 0 Å². The summed E-state index contributed by atoms with van der Waals surface area (Å²) >= 11 is 1.46. The average Bonchev–Trinajstić information content (AvgIpc) is 3.15. The van der Waals surface area contributed by atoms with E-state index in [9.17, 15) is 18.8 Å². The number of fused-ring (bicyclic) bond motifs is 1. The Labute approximate surface area is 182 Å². The quantitative estimate of drug-likeness (QED) is 0.351. The fourth-order valence-electron chi connectivity index (χ4n) is 2.97. The third-order valence-electron chi connectivity index (χ3n) is 4.50. The second kappa shape index (κ2) is 10.3. The van der Waals surface area contributed by atoms with Crippen LogP contribution in [0.2, 0.25) is 0 Å². The molecule has 0 saturated heterocycles. The van der Waals surface area contributed by atoms with Crippen molar-refractivity contribution in [2.24, 2.45) is 0 Å². The Morgan fingerprint density at radius 1 is 1.29 bits per heavy atom. The molecule has 0 saturated carbocycles. The number of para-hydroxylation sites is 2. The number of oxazole rings is 1. The molecule has 162 valence electrons. The number of nitrogens with zero attached hydrogens (tertiary/aromatic N) is 2. The van der Waals surface area contributed by atoms with Gasteiger partial charge in [0.15, 0.2) is 5.58 Å². The van der Waals surface area contributed by atoms with E-state index in [0.29, 0.717) is 29.4 Å². The van der Waals surface area contributed by atoms with Gasteiger partial charge in [-0.05, 0) is 49.6 Å². The van der Waals surface area contributed by atoms with Gasteiger partial charge in [-0.3, -0.25) is 4.79 Å². The number of carbonyl (C=O) groups excluding carboxylic acids is 1. The first-order valence-corrected chi connectivity index (χ1v) is 10.6. The summed E-state index contributed by atoms with van der Waals surface area (Å²) < 4.78 is 34.3. The van der Waals surface area contributed by atoms with E-state index in [1.165, 1.54) is 36.0 Å². The molecule has 1 amide bonds. The van der Waals surface area contributed by atoms with Crippen LogP contribution in [-0.2, 0) is 11.2 Å². The number of hydrogen-bond donors (Lipinski definition) is 1. The average molecular weight is 445 g/mol. The van der Waals surface area contributed by atoms with Crippen LogP contribution in [0.4, 0.5) is 8.78 Å². The second-order valence-corrected chi connectivity index (χ2v) is 8.14. The molecule has 0 bridgehead atoms. The van der Waals surface area contributed by atoms with E-state index in [4.69, 9.17) is 4.42 Å². The number of thioether (sulfide) groups is 1. The van der Waals surface area contributed by atoms with Crippen molar-refractivity contribution in [3.8, 4) is 11.8 Å². The lowest BCUT2D eigenvalue weighted by molar-refractivity contribution is -0.121. The molecule has 1 aromatic heterocycles. The van der Waals surface area contributed by atoms with Gasteiger partial charge in [0.05, 0.1) is 12.5 Å². The van der Waals surface area contributed by atoms with Gasteiger partial charge in [-0.1, -0.05) is 36.0 Å². The van der Waals surface area contributed by atoms with E-state index in [-0.39, 0.29) is 18.1 Å². The summed E-state index contributed by atoms with van der Waals surface area (Å²) in [5, 5.41) is 12.9. The number of benzene rings is 2. The highest BCUT2D eigenvalue weighted by molar-refractivity contribution is 7.99. The zero-order chi connectivity index (χ0) is 22.3. The third-order valence-corrected chi connectivity index (χ3v) is 5.41. The van der Waals surface area contributed by atoms with E-state index in [2.05, 4.69) is 21.1 Å². The maximum Gasteiger partial charge on any atom is 0.387 e. The maximum absolute atomic E-state index is 12.4. The minimum Gasteiger partial charge on any atom is -0.435 e. The number of nitrogens with one attached hydrogen (secondary N) is 1. The van der Waals surface area contributed by atoms with Crippen molar-refractivity contribution >= 4 is 28.8 Å². The molecule has 3 rings (SSSR count). The minimum atomic E-state index is -2.90. The highest BCUT2D eigenvalue weighted by Gasteiger charge is 2.25. The number of nitriles is 1. The van der Waals surface area contributed by atoms with E-state index in [1.54, 1.807) is 6.92 Å². The number of ether oxygens (including phenoxy) is 1. The van der Waals surface area contributed by atoms with E-state index in [0.717, 1.165) is 11.1 Å². The standard InChI is InChI=1S/C22H21F2N3O3S/c1-22(14-25,11-4-12-31-21-26-17-5-2-3-6-18(17)30-21)27-19(28)13-15-7-9-16(10-8-15)29-20(23)24/h2-3,5-10,20H,4,11-13H2,1H3,(H,27,28)/t22-/m1/s1. The van der Waals surface area contributed by atoms with Crippen LogP contribution in [0.15, 0.2) is 58.2 Å². The largest absolute Gasteiger partial charge is 0.435 e. The topological polar surface area (TPSA) is 88.2 Å². The molecule has 0 aliphatic heterocycles. The number of halogens is 2. The predicted molar refractivity (Wildman–Crippen MR) is 113 cm³/mol. The SMILES string of the molecule is C[C@](C#N)(CCCSc1nc2ccccc2o1)NC(=O)Cc1ccc(OC(F)F)cc1. The summed E-state index contributed by atoms with van der Waals surface area (Å²) in [5.74, 6) is 0.390. The number of alkyl halides is 2. The van der Waals surface area contributed by atoms with Gasteiger partial charge in [-0.15, -0.1) is 0 Å². The van der Waals surface area contributed by atoms with Gasteiger partial charge in [-0.2, -0.15) is 14.0 Å². The summed E-state index contributed by atoms with van der Waals surface area (Å²) in [5.41, 5.74) is 1.14. The van der Waals surface area contributed by atoms with Crippen molar-refractivity contribution in [1.29, 1.82) is 5.26 Å². The highest BCUT2D eigenvalue weighted by Crippen LogP contribution is 2.25. The molecule has 6 nitrogen and oxygen atoms in total. The fraction of sp³-hybridized carbons (Fsp3) is 0.318. The number of aromatic nitrogens is 1. The number of carbonyl (C=O) groups is 1. The summed E-state index contributed by atoms with van der Waals surface area (Å²) in [6.07, 6.45) is 1.17. The first kappa shape index (κ1) is 22.6. The molecule has 0 aliphatic carbocycles. The normalized spacial score (nSPS) is 13.0. The van der Waals surface area contributed by atoms with Crippen LogP contribution >= 0.6 is 11.8 Å². The first-order valence-electron chi connectivity index (χ1n) is 9.61. The molecule has 0 fully saturated rings. The van der Waals surface area contributed by atoms with Crippen molar-refractivity contribution in [3.05, 3.63) is 54.1 Å². The molecule has 0 aliphatic rings. The molecule has 1 heterocycles. The first-order chi connectivity index (χ1) is 14.9. The Hall–Kier alpha value is -3.12. The van der Waals surface area contributed by atoms with Gasteiger partial charge in [0.25, 0.3) is 5.22 Å². The zero-order valence-corrected chi connectivity index (χ0v) is 17.6. The molecule has 2 aromatic carbocycles. The van der Waals surface area contributed by atoms with Crippen molar-refractivity contribution in [2.45, 2.75) is 43.6 Å². The van der Waals surface area contributed by atoms with Crippen molar-refractivity contribution < 1.29 is 22.7 Å². The van der Waals surface area contributed by atoms with E-state index < -0.39 is 12.2 Å². The van der Waals surface area contributed by atoms with Gasteiger partial charge in [0.2, 0.25) is 5.91 Å². The van der Waals surface area contributed by atoms with Crippen LogP contribution in [0, 0.1) is 11.3 Å². The van der Waals surface area contributed by atoms with Gasteiger partial charge in [0, 0.05) is 5.75 Å². The lowest BCUT2D eigenvalue weighted by Crippen LogP contribution is -2.45. The van der Waals surface area contributed by atoms with E-state index >= 15 is 0 Å². The molecule has 0 unspecified atom stereocenters. The highest BCUT2D eigenvalue weighted by atomic mass is 32.2. The molecular formula is C22H21F2N3O3S. The second-order valence-electron chi connectivity index (χ2n) is 7.09. The third kappa shape index (κ3) is 6.69. The van der Waals surface area contributed by atoms with Gasteiger partial charge >= 0.3 is 6.61 Å². The number of rotatable bonds is 10. The van der Waals surface area contributed by atoms with Crippen LogP contribution in [0.25, 0.3) is 11.1 Å². The number of hydrogen-bond acceptors (Lipinski definition) is 6. The molecule has 0 spiro atoms. The zero-order valence-electron chi connectivity index (χ0n) is 16.8. The summed E-state index contributed by atoms with van der Waals surface area (Å²) in [6, 6.07) is 15.5. The maximum atomic E-state index is 12.4. The summed E-state index contributed by atoms with van der Waals surface area (Å²) in [6.45, 7) is -1.22.